The molecule has 26 heavy (non-hydrogen) atoms. The summed E-state index contributed by atoms with van der Waals surface area (Å²) in [5.41, 5.74) is 2.01. The van der Waals surface area contributed by atoms with E-state index in [0.29, 0.717) is 12.8 Å². The Morgan fingerprint density at radius 3 is 2.46 bits per heavy atom. The van der Waals surface area contributed by atoms with E-state index in [9.17, 15) is 9.59 Å². The molecule has 0 saturated carbocycles. The van der Waals surface area contributed by atoms with Gasteiger partial charge in [-0.05, 0) is 30.9 Å². The van der Waals surface area contributed by atoms with Crippen LogP contribution in [0.5, 0.6) is 0 Å². The zero-order valence-electron chi connectivity index (χ0n) is 14.9. The number of nitrogens with zero attached hydrogens (tertiary/aromatic N) is 1. The van der Waals surface area contributed by atoms with Gasteiger partial charge in [0.2, 0.25) is 5.91 Å². The number of hydrogen-bond donors (Lipinski definition) is 0. The summed E-state index contributed by atoms with van der Waals surface area (Å²) < 4.78 is 5.32. The molecule has 0 spiro atoms. The molecule has 1 aliphatic rings. The second kappa shape index (κ2) is 8.48. The molecule has 0 aromatic heterocycles. The number of rotatable bonds is 5. The van der Waals surface area contributed by atoms with E-state index in [4.69, 9.17) is 4.74 Å². The lowest BCUT2D eigenvalue weighted by Crippen LogP contribution is -2.38. The monoisotopic (exact) mass is 349 g/mol. The summed E-state index contributed by atoms with van der Waals surface area (Å²) >= 11 is 0. The predicted molar refractivity (Wildman–Crippen MR) is 101 cm³/mol. The number of ether oxygens (including phenoxy) is 1. The van der Waals surface area contributed by atoms with Crippen LogP contribution in [-0.2, 0) is 16.1 Å². The van der Waals surface area contributed by atoms with Crippen molar-refractivity contribution in [1.82, 2.24) is 4.90 Å². The lowest BCUT2D eigenvalue weighted by Gasteiger charge is -2.19. The van der Waals surface area contributed by atoms with Gasteiger partial charge in [0.1, 0.15) is 6.61 Å². The van der Waals surface area contributed by atoms with E-state index in [-0.39, 0.29) is 24.5 Å². The average molecular weight is 349 g/mol. The van der Waals surface area contributed by atoms with Crippen LogP contribution in [0.3, 0.4) is 0 Å². The molecule has 2 atom stereocenters. The van der Waals surface area contributed by atoms with Gasteiger partial charge in [-0.25, -0.2) is 9.69 Å². The standard InChI is InChI=1S/C22H23NO3/c1-17-15-20(14-8-13-18-9-4-2-5-10-18)21(24)23(17)22(25)26-16-19-11-6-3-7-12-19/h2-13,17,20H,14-16H2,1H3/b13-8+/t17-,20-/m1/s1. The van der Waals surface area contributed by atoms with Gasteiger partial charge in [0.15, 0.2) is 0 Å². The molecule has 2 aromatic carbocycles. The zero-order valence-corrected chi connectivity index (χ0v) is 14.9. The Kier molecular flexibility index (Phi) is 5.84. The van der Waals surface area contributed by atoms with Crippen LogP contribution in [0.1, 0.15) is 30.9 Å². The summed E-state index contributed by atoms with van der Waals surface area (Å²) in [5.74, 6) is -0.317. The van der Waals surface area contributed by atoms with Gasteiger partial charge in [-0.3, -0.25) is 4.79 Å². The summed E-state index contributed by atoms with van der Waals surface area (Å²) in [6.07, 6.45) is 4.75. The van der Waals surface area contributed by atoms with Crippen LogP contribution >= 0.6 is 0 Å². The molecule has 0 bridgehead atoms. The number of hydrogen-bond acceptors (Lipinski definition) is 3. The van der Waals surface area contributed by atoms with Crippen LogP contribution in [0.2, 0.25) is 0 Å². The van der Waals surface area contributed by atoms with E-state index < -0.39 is 6.09 Å². The Morgan fingerprint density at radius 1 is 1.12 bits per heavy atom. The topological polar surface area (TPSA) is 46.6 Å². The fourth-order valence-electron chi connectivity index (χ4n) is 3.22. The third-order valence-corrected chi connectivity index (χ3v) is 4.59. The lowest BCUT2D eigenvalue weighted by atomic mass is 10.0. The molecule has 1 aliphatic heterocycles. The molecule has 0 N–H and O–H groups in total. The molecule has 3 rings (SSSR count). The van der Waals surface area contributed by atoms with E-state index >= 15 is 0 Å². The van der Waals surface area contributed by atoms with E-state index in [1.54, 1.807) is 0 Å². The van der Waals surface area contributed by atoms with Crippen LogP contribution in [0.15, 0.2) is 66.7 Å². The van der Waals surface area contributed by atoms with E-state index in [1.807, 2.05) is 79.7 Å². The predicted octanol–water partition coefficient (Wildman–Crippen LogP) is 4.66. The summed E-state index contributed by atoms with van der Waals surface area (Å²) in [7, 11) is 0. The second-order valence-electron chi connectivity index (χ2n) is 6.58. The number of benzene rings is 2. The average Bonchev–Trinajstić information content (AvgIpc) is 2.95. The fourth-order valence-corrected chi connectivity index (χ4v) is 3.22. The molecule has 134 valence electrons. The van der Waals surface area contributed by atoms with Crippen LogP contribution in [0.4, 0.5) is 4.79 Å². The highest BCUT2D eigenvalue weighted by atomic mass is 16.6. The van der Waals surface area contributed by atoms with E-state index in [0.717, 1.165) is 11.1 Å². The molecule has 4 heteroatoms. The maximum absolute atomic E-state index is 12.6. The van der Waals surface area contributed by atoms with Crippen molar-refractivity contribution in [2.24, 2.45) is 5.92 Å². The van der Waals surface area contributed by atoms with Gasteiger partial charge in [-0.2, -0.15) is 0 Å². The molecular formula is C22H23NO3. The van der Waals surface area contributed by atoms with Crippen molar-refractivity contribution >= 4 is 18.1 Å². The Hall–Kier alpha value is -2.88. The van der Waals surface area contributed by atoms with Crippen LogP contribution < -0.4 is 0 Å². The van der Waals surface area contributed by atoms with Crippen molar-refractivity contribution in [2.45, 2.75) is 32.4 Å². The lowest BCUT2D eigenvalue weighted by molar-refractivity contribution is -0.130. The number of carbonyl (C=O) groups excluding carboxylic acids is 2. The molecule has 2 aromatic rings. The highest BCUT2D eigenvalue weighted by Crippen LogP contribution is 2.28. The first-order valence-corrected chi connectivity index (χ1v) is 8.90. The molecule has 1 fully saturated rings. The van der Waals surface area contributed by atoms with Crippen molar-refractivity contribution in [3.8, 4) is 0 Å². The minimum atomic E-state index is -0.555. The van der Waals surface area contributed by atoms with Gasteiger partial charge in [0, 0.05) is 12.0 Å². The van der Waals surface area contributed by atoms with E-state index in [1.165, 1.54) is 4.90 Å². The van der Waals surface area contributed by atoms with Gasteiger partial charge in [0.05, 0.1) is 0 Å². The molecule has 0 unspecified atom stereocenters. The SMILES string of the molecule is C[C@@H]1C[C@@H](C/C=C/c2ccccc2)C(=O)N1C(=O)OCc1ccccc1. The van der Waals surface area contributed by atoms with Crippen molar-refractivity contribution in [3.63, 3.8) is 0 Å². The molecule has 4 nitrogen and oxygen atoms in total. The zero-order chi connectivity index (χ0) is 18.4. The fraction of sp³-hybridized carbons (Fsp3) is 0.273. The Balaban J connectivity index is 1.55. The normalized spacial score (nSPS) is 19.9. The van der Waals surface area contributed by atoms with Crippen molar-refractivity contribution in [2.75, 3.05) is 0 Å². The number of imide groups is 1. The van der Waals surface area contributed by atoms with E-state index in [2.05, 4.69) is 0 Å². The first-order valence-electron chi connectivity index (χ1n) is 8.90. The van der Waals surface area contributed by atoms with Crippen molar-refractivity contribution in [1.29, 1.82) is 0 Å². The van der Waals surface area contributed by atoms with Crippen LogP contribution in [0, 0.1) is 5.92 Å². The minimum absolute atomic E-state index is 0.138. The van der Waals surface area contributed by atoms with Crippen molar-refractivity contribution < 1.29 is 14.3 Å². The summed E-state index contributed by atoms with van der Waals surface area (Å²) in [6, 6.07) is 19.3. The highest BCUT2D eigenvalue weighted by molar-refractivity contribution is 5.95. The number of carbonyl (C=O) groups is 2. The summed E-state index contributed by atoms with van der Waals surface area (Å²) in [6.45, 7) is 2.07. The quantitative estimate of drug-likeness (QED) is 0.788. The van der Waals surface area contributed by atoms with Gasteiger partial charge >= 0.3 is 6.09 Å². The van der Waals surface area contributed by atoms with Crippen molar-refractivity contribution in [3.05, 3.63) is 77.9 Å². The first kappa shape index (κ1) is 17.9. The molecule has 1 saturated heterocycles. The summed E-state index contributed by atoms with van der Waals surface area (Å²) in [5, 5.41) is 0. The highest BCUT2D eigenvalue weighted by Gasteiger charge is 2.41. The van der Waals surface area contributed by atoms with Gasteiger partial charge < -0.3 is 4.74 Å². The largest absolute Gasteiger partial charge is 0.444 e. The number of likely N-dealkylation sites (tertiary alicyclic amines) is 1. The van der Waals surface area contributed by atoms with Crippen LogP contribution in [0.25, 0.3) is 6.08 Å². The third-order valence-electron chi connectivity index (χ3n) is 4.59. The van der Waals surface area contributed by atoms with Gasteiger partial charge in [0.25, 0.3) is 0 Å². The Morgan fingerprint density at radius 2 is 1.77 bits per heavy atom. The maximum atomic E-state index is 12.6. The van der Waals surface area contributed by atoms with Crippen LogP contribution in [-0.4, -0.2) is 22.9 Å². The smallest absolute Gasteiger partial charge is 0.417 e. The van der Waals surface area contributed by atoms with Gasteiger partial charge in [-0.1, -0.05) is 72.8 Å². The molecule has 0 radical (unpaired) electrons. The third kappa shape index (κ3) is 4.39. The summed E-state index contributed by atoms with van der Waals surface area (Å²) in [4.78, 5) is 26.2. The molecular weight excluding hydrogens is 326 g/mol. The Bertz CT molecular complexity index is 770. The first-order chi connectivity index (χ1) is 12.6. The van der Waals surface area contributed by atoms with Gasteiger partial charge in [-0.15, -0.1) is 0 Å². The molecule has 1 heterocycles. The molecule has 2 amide bonds. The number of amides is 2. The molecule has 0 aliphatic carbocycles. The second-order valence-corrected chi connectivity index (χ2v) is 6.58. The maximum Gasteiger partial charge on any atom is 0.417 e. The Labute approximate surface area is 154 Å². The number of allylic oxidation sites excluding steroid dienone is 1. The minimum Gasteiger partial charge on any atom is -0.444 e.